The van der Waals surface area contributed by atoms with E-state index in [9.17, 15) is 0 Å². The normalized spacial score (nSPS) is 17.1. The number of nitrogens with zero attached hydrogens (tertiary/aromatic N) is 2. The van der Waals surface area contributed by atoms with Crippen LogP contribution in [-0.4, -0.2) is 31.2 Å². The van der Waals surface area contributed by atoms with E-state index in [4.69, 9.17) is 10.00 Å². The zero-order valence-corrected chi connectivity index (χ0v) is 8.93. The molecule has 0 unspecified atom stereocenters. The number of rotatable bonds is 2. The van der Waals surface area contributed by atoms with Gasteiger partial charge in [0.2, 0.25) is 0 Å². The summed E-state index contributed by atoms with van der Waals surface area (Å²) in [4.78, 5) is 4.25. The zero-order valence-electron chi connectivity index (χ0n) is 8.12. The van der Waals surface area contributed by atoms with Gasteiger partial charge in [0.05, 0.1) is 19.8 Å². The molecule has 0 spiro atoms. The van der Waals surface area contributed by atoms with Crippen molar-refractivity contribution in [2.75, 3.05) is 26.0 Å². The van der Waals surface area contributed by atoms with E-state index in [0.29, 0.717) is 18.3 Å². The minimum absolute atomic E-state index is 0.616. The number of hydrogen-bond donors (Lipinski definition) is 1. The molecule has 76 valence electrons. The molecule has 1 aliphatic heterocycles. The van der Waals surface area contributed by atoms with Crippen LogP contribution in [0.3, 0.4) is 0 Å². The minimum atomic E-state index is 0.616. The molecule has 14 heavy (non-hydrogen) atoms. The summed E-state index contributed by atoms with van der Waals surface area (Å²) in [5.74, 6) is 0. The van der Waals surface area contributed by atoms with Gasteiger partial charge in [-0.2, -0.15) is 5.26 Å². The Bertz CT molecular complexity index is 280. The second-order valence-corrected chi connectivity index (χ2v) is 3.56. The van der Waals surface area contributed by atoms with E-state index >= 15 is 0 Å². The molecule has 0 aliphatic carbocycles. The van der Waals surface area contributed by atoms with Crippen LogP contribution in [0.4, 0.5) is 0 Å². The first-order valence-electron chi connectivity index (χ1n) is 4.36. The smallest absolute Gasteiger partial charge is 0.183 e. The first kappa shape index (κ1) is 11.1. The van der Waals surface area contributed by atoms with E-state index in [0.717, 1.165) is 13.0 Å². The van der Waals surface area contributed by atoms with Gasteiger partial charge in [-0.05, 0) is 18.2 Å². The highest BCUT2D eigenvalue weighted by molar-refractivity contribution is 8.13. The van der Waals surface area contributed by atoms with E-state index < -0.39 is 0 Å². The van der Waals surface area contributed by atoms with Crippen molar-refractivity contribution in [1.29, 1.82) is 5.26 Å². The van der Waals surface area contributed by atoms with Gasteiger partial charge >= 0.3 is 0 Å². The second-order valence-electron chi connectivity index (χ2n) is 2.77. The molecule has 0 amide bonds. The Kier molecular flexibility index (Phi) is 5.12. The summed E-state index contributed by atoms with van der Waals surface area (Å²) in [6.07, 6.45) is 6.85. The molecule has 0 fully saturated rings. The van der Waals surface area contributed by atoms with Gasteiger partial charge in [-0.3, -0.25) is 10.3 Å². The number of hydrogen-bond acceptors (Lipinski definition) is 4. The predicted molar refractivity (Wildman–Crippen MR) is 58.1 cm³/mol. The minimum Gasteiger partial charge on any atom is -0.377 e. The highest BCUT2D eigenvalue weighted by Crippen LogP contribution is 2.06. The maximum absolute atomic E-state index is 8.41. The fraction of sp³-hybridized carbons (Fsp3) is 0.556. The molecule has 0 bridgehead atoms. The predicted octanol–water partition coefficient (Wildman–Crippen LogP) is 1.12. The molecule has 0 aromatic rings. The third-order valence-corrected chi connectivity index (χ3v) is 2.38. The Balaban J connectivity index is 2.43. The molecule has 0 saturated heterocycles. The number of nitriles is 1. The van der Waals surface area contributed by atoms with Gasteiger partial charge in [0, 0.05) is 0 Å². The average molecular weight is 211 g/mol. The van der Waals surface area contributed by atoms with Crippen LogP contribution < -0.4 is 5.32 Å². The molecule has 0 atom stereocenters. The fourth-order valence-corrected chi connectivity index (χ4v) is 1.44. The lowest BCUT2D eigenvalue weighted by Gasteiger charge is -2.11. The first-order chi connectivity index (χ1) is 6.86. The van der Waals surface area contributed by atoms with E-state index in [1.807, 2.05) is 12.4 Å². The van der Waals surface area contributed by atoms with Crippen LogP contribution in [0.15, 0.2) is 16.6 Å². The second kappa shape index (κ2) is 6.46. The SMILES string of the molecule is CSC(=NCC1=CCCOC1)NC#N. The van der Waals surface area contributed by atoms with Crippen molar-refractivity contribution < 1.29 is 4.74 Å². The van der Waals surface area contributed by atoms with E-state index in [2.05, 4.69) is 16.4 Å². The molecule has 1 rings (SSSR count). The van der Waals surface area contributed by atoms with Crippen LogP contribution in [0, 0.1) is 11.5 Å². The zero-order chi connectivity index (χ0) is 10.2. The summed E-state index contributed by atoms with van der Waals surface area (Å²) in [6.45, 7) is 2.08. The number of amidine groups is 1. The lowest BCUT2D eigenvalue weighted by atomic mass is 10.2. The molecule has 0 aromatic heterocycles. The molecular weight excluding hydrogens is 198 g/mol. The van der Waals surface area contributed by atoms with Crippen LogP contribution >= 0.6 is 11.8 Å². The summed E-state index contributed by atoms with van der Waals surface area (Å²) in [5, 5.41) is 11.6. The van der Waals surface area contributed by atoms with Crippen LogP contribution in [0.2, 0.25) is 0 Å². The van der Waals surface area contributed by atoms with Crippen LogP contribution in [-0.2, 0) is 4.74 Å². The molecule has 4 nitrogen and oxygen atoms in total. The Hall–Kier alpha value is -0.990. The molecule has 5 heteroatoms. The first-order valence-corrected chi connectivity index (χ1v) is 5.58. The van der Waals surface area contributed by atoms with Gasteiger partial charge in [0.15, 0.2) is 11.4 Å². The van der Waals surface area contributed by atoms with Gasteiger partial charge in [0.1, 0.15) is 0 Å². The lowest BCUT2D eigenvalue weighted by molar-refractivity contribution is 0.150. The van der Waals surface area contributed by atoms with E-state index in [1.54, 1.807) is 0 Å². The monoisotopic (exact) mass is 211 g/mol. The van der Waals surface area contributed by atoms with Crippen molar-refractivity contribution >= 4 is 16.9 Å². The molecule has 1 heterocycles. The molecule has 1 N–H and O–H groups in total. The molecule has 0 saturated carbocycles. The highest BCUT2D eigenvalue weighted by atomic mass is 32.2. The Labute approximate surface area is 88.0 Å². The number of nitrogens with one attached hydrogen (secondary N) is 1. The van der Waals surface area contributed by atoms with Crippen molar-refractivity contribution in [3.63, 3.8) is 0 Å². The van der Waals surface area contributed by atoms with Crippen LogP contribution in [0.5, 0.6) is 0 Å². The van der Waals surface area contributed by atoms with Crippen molar-refractivity contribution in [1.82, 2.24) is 5.32 Å². The highest BCUT2D eigenvalue weighted by Gasteiger charge is 2.03. The molecular formula is C9H13N3OS. The summed E-state index contributed by atoms with van der Waals surface area (Å²) in [6, 6.07) is 0. The van der Waals surface area contributed by atoms with Gasteiger partial charge in [-0.1, -0.05) is 17.8 Å². The molecule has 1 aliphatic rings. The van der Waals surface area contributed by atoms with Crippen molar-refractivity contribution in [2.45, 2.75) is 6.42 Å². The maximum Gasteiger partial charge on any atom is 0.183 e. The van der Waals surface area contributed by atoms with Gasteiger partial charge < -0.3 is 4.74 Å². The molecule has 0 aromatic carbocycles. The fourth-order valence-electron chi connectivity index (χ4n) is 1.10. The van der Waals surface area contributed by atoms with Crippen LogP contribution in [0.1, 0.15) is 6.42 Å². The Morgan fingerprint density at radius 1 is 1.86 bits per heavy atom. The van der Waals surface area contributed by atoms with Gasteiger partial charge in [0.25, 0.3) is 0 Å². The van der Waals surface area contributed by atoms with Crippen LogP contribution in [0.25, 0.3) is 0 Å². The van der Waals surface area contributed by atoms with Crippen molar-refractivity contribution in [3.05, 3.63) is 11.6 Å². The summed E-state index contributed by atoms with van der Waals surface area (Å²) >= 11 is 1.43. The lowest BCUT2D eigenvalue weighted by Crippen LogP contribution is -2.15. The Morgan fingerprint density at radius 3 is 3.29 bits per heavy atom. The summed E-state index contributed by atoms with van der Waals surface area (Å²) in [7, 11) is 0. The van der Waals surface area contributed by atoms with E-state index in [-0.39, 0.29) is 0 Å². The number of aliphatic imine (C=N–C) groups is 1. The quantitative estimate of drug-likeness (QED) is 0.244. The summed E-state index contributed by atoms with van der Waals surface area (Å²) < 4.78 is 5.28. The topological polar surface area (TPSA) is 57.4 Å². The van der Waals surface area contributed by atoms with Gasteiger partial charge in [-0.15, -0.1) is 0 Å². The average Bonchev–Trinajstić information content (AvgIpc) is 2.25. The van der Waals surface area contributed by atoms with Crippen molar-refractivity contribution in [3.8, 4) is 6.19 Å². The third kappa shape index (κ3) is 3.81. The largest absolute Gasteiger partial charge is 0.377 e. The van der Waals surface area contributed by atoms with Crippen molar-refractivity contribution in [2.24, 2.45) is 4.99 Å². The summed E-state index contributed by atoms with van der Waals surface area (Å²) in [5.41, 5.74) is 1.18. The molecule has 0 radical (unpaired) electrons. The maximum atomic E-state index is 8.41. The number of thioether (sulfide) groups is 1. The standard InChI is InChI=1S/C9H13N3OS/c1-14-9(12-7-10)11-5-8-3-2-4-13-6-8/h3H,2,4-6H2,1H3,(H,11,12). The number of ether oxygens (including phenoxy) is 1. The Morgan fingerprint density at radius 2 is 2.71 bits per heavy atom. The van der Waals surface area contributed by atoms with E-state index in [1.165, 1.54) is 17.3 Å². The van der Waals surface area contributed by atoms with Gasteiger partial charge in [-0.25, -0.2) is 0 Å². The third-order valence-electron chi connectivity index (χ3n) is 1.76.